The Bertz CT molecular complexity index is 536. The van der Waals surface area contributed by atoms with Gasteiger partial charge in [0, 0.05) is 26.1 Å². The van der Waals surface area contributed by atoms with Crippen molar-refractivity contribution in [2.75, 3.05) is 19.7 Å². The van der Waals surface area contributed by atoms with Gasteiger partial charge in [-0.05, 0) is 62.1 Å². The van der Waals surface area contributed by atoms with E-state index in [0.717, 1.165) is 38.5 Å². The van der Waals surface area contributed by atoms with E-state index in [1.165, 1.54) is 29.5 Å². The third-order valence-corrected chi connectivity index (χ3v) is 4.96. The number of benzene rings is 1. The molecular formula is C19H27NO2. The van der Waals surface area contributed by atoms with Gasteiger partial charge in [0.1, 0.15) is 0 Å². The fourth-order valence-corrected chi connectivity index (χ4v) is 3.02. The number of hydrogen-bond acceptors (Lipinski definition) is 2. The van der Waals surface area contributed by atoms with Crippen LogP contribution in [0, 0.1) is 19.8 Å². The molecule has 22 heavy (non-hydrogen) atoms. The highest BCUT2D eigenvalue weighted by Crippen LogP contribution is 2.30. The molecule has 3 nitrogen and oxygen atoms in total. The minimum atomic E-state index is 0.270. The molecular weight excluding hydrogens is 274 g/mol. The average molecular weight is 301 g/mol. The van der Waals surface area contributed by atoms with Gasteiger partial charge in [0.25, 0.3) is 0 Å². The highest BCUT2D eigenvalue weighted by atomic mass is 16.5. The van der Waals surface area contributed by atoms with E-state index in [0.29, 0.717) is 6.42 Å². The monoisotopic (exact) mass is 301 g/mol. The molecule has 1 heterocycles. The van der Waals surface area contributed by atoms with Gasteiger partial charge >= 0.3 is 0 Å². The Balaban J connectivity index is 1.42. The molecule has 3 heteroatoms. The van der Waals surface area contributed by atoms with Crippen LogP contribution >= 0.6 is 0 Å². The van der Waals surface area contributed by atoms with Gasteiger partial charge in [-0.15, -0.1) is 0 Å². The Hall–Kier alpha value is -1.35. The number of ether oxygens (including phenoxy) is 1. The molecule has 0 spiro atoms. The van der Waals surface area contributed by atoms with Crippen LogP contribution in [0.3, 0.4) is 0 Å². The molecule has 1 atom stereocenters. The van der Waals surface area contributed by atoms with Crippen molar-refractivity contribution < 1.29 is 9.53 Å². The molecule has 0 radical (unpaired) electrons. The zero-order valence-electron chi connectivity index (χ0n) is 13.8. The van der Waals surface area contributed by atoms with E-state index in [4.69, 9.17) is 4.74 Å². The second-order valence-electron chi connectivity index (χ2n) is 6.95. The van der Waals surface area contributed by atoms with Crippen LogP contribution in [-0.4, -0.2) is 36.6 Å². The summed E-state index contributed by atoms with van der Waals surface area (Å²) in [5.74, 6) is 1.07. The number of amides is 1. The predicted molar refractivity (Wildman–Crippen MR) is 87.9 cm³/mol. The molecule has 1 saturated heterocycles. The number of likely N-dealkylation sites (tertiary alicyclic amines) is 1. The van der Waals surface area contributed by atoms with Crippen molar-refractivity contribution in [3.63, 3.8) is 0 Å². The SMILES string of the molecule is Cc1ccc(CCC(=O)N2CCC(OCC3CC3)C2)cc1C. The Morgan fingerprint density at radius 3 is 2.77 bits per heavy atom. The van der Waals surface area contributed by atoms with Gasteiger partial charge in [0.2, 0.25) is 5.91 Å². The van der Waals surface area contributed by atoms with Crippen LogP contribution in [0.5, 0.6) is 0 Å². The minimum absolute atomic E-state index is 0.270. The fraction of sp³-hybridized carbons (Fsp3) is 0.632. The molecule has 1 aromatic carbocycles. The second-order valence-corrected chi connectivity index (χ2v) is 6.95. The summed E-state index contributed by atoms with van der Waals surface area (Å²) in [4.78, 5) is 14.3. The highest BCUT2D eigenvalue weighted by molar-refractivity contribution is 5.76. The molecule has 2 aliphatic rings. The molecule has 1 aliphatic carbocycles. The van der Waals surface area contributed by atoms with Gasteiger partial charge in [-0.25, -0.2) is 0 Å². The fourth-order valence-electron chi connectivity index (χ4n) is 3.02. The molecule has 0 N–H and O–H groups in total. The first-order valence-electron chi connectivity index (χ1n) is 8.57. The van der Waals surface area contributed by atoms with E-state index in [9.17, 15) is 4.79 Å². The lowest BCUT2D eigenvalue weighted by molar-refractivity contribution is -0.130. The smallest absolute Gasteiger partial charge is 0.222 e. The first kappa shape index (κ1) is 15.5. The van der Waals surface area contributed by atoms with Crippen molar-refractivity contribution in [3.05, 3.63) is 34.9 Å². The van der Waals surface area contributed by atoms with Crippen LogP contribution in [0.4, 0.5) is 0 Å². The van der Waals surface area contributed by atoms with Crippen molar-refractivity contribution in [2.24, 2.45) is 5.92 Å². The minimum Gasteiger partial charge on any atom is -0.376 e. The second kappa shape index (κ2) is 6.82. The van der Waals surface area contributed by atoms with Crippen LogP contribution in [0.25, 0.3) is 0 Å². The van der Waals surface area contributed by atoms with E-state index in [1.807, 2.05) is 4.90 Å². The Morgan fingerprint density at radius 2 is 2.05 bits per heavy atom. The lowest BCUT2D eigenvalue weighted by Gasteiger charge is -2.17. The molecule has 0 bridgehead atoms. The van der Waals surface area contributed by atoms with Crippen LogP contribution in [0.1, 0.15) is 42.4 Å². The lowest BCUT2D eigenvalue weighted by atomic mass is 10.0. The van der Waals surface area contributed by atoms with E-state index in [1.54, 1.807) is 0 Å². The van der Waals surface area contributed by atoms with Crippen LogP contribution < -0.4 is 0 Å². The van der Waals surface area contributed by atoms with E-state index < -0.39 is 0 Å². The van der Waals surface area contributed by atoms with Crippen molar-refractivity contribution in [2.45, 2.75) is 52.1 Å². The number of carbonyl (C=O) groups excluding carboxylic acids is 1. The Kier molecular flexibility index (Phi) is 4.82. The van der Waals surface area contributed by atoms with Gasteiger partial charge < -0.3 is 9.64 Å². The maximum Gasteiger partial charge on any atom is 0.222 e. The predicted octanol–water partition coefficient (Wildman–Crippen LogP) is 3.26. The average Bonchev–Trinajstić information content (AvgIpc) is 3.22. The van der Waals surface area contributed by atoms with Crippen LogP contribution in [0.2, 0.25) is 0 Å². The van der Waals surface area contributed by atoms with Crippen molar-refractivity contribution in [3.8, 4) is 0 Å². The first-order chi connectivity index (χ1) is 10.6. The summed E-state index contributed by atoms with van der Waals surface area (Å²) in [6.07, 6.45) is 5.37. The summed E-state index contributed by atoms with van der Waals surface area (Å²) >= 11 is 0. The molecule has 1 amide bonds. The summed E-state index contributed by atoms with van der Waals surface area (Å²) < 4.78 is 5.91. The summed E-state index contributed by atoms with van der Waals surface area (Å²) in [5.41, 5.74) is 3.88. The third-order valence-electron chi connectivity index (χ3n) is 4.96. The Morgan fingerprint density at radius 1 is 1.23 bits per heavy atom. The molecule has 1 aromatic rings. The lowest BCUT2D eigenvalue weighted by Crippen LogP contribution is -2.30. The zero-order chi connectivity index (χ0) is 15.5. The van der Waals surface area contributed by atoms with Crippen molar-refractivity contribution in [1.29, 1.82) is 0 Å². The van der Waals surface area contributed by atoms with E-state index in [2.05, 4.69) is 32.0 Å². The number of nitrogens with zero attached hydrogens (tertiary/aromatic N) is 1. The van der Waals surface area contributed by atoms with Gasteiger partial charge in [0.15, 0.2) is 0 Å². The first-order valence-corrected chi connectivity index (χ1v) is 8.57. The molecule has 1 unspecified atom stereocenters. The van der Waals surface area contributed by atoms with Crippen LogP contribution in [-0.2, 0) is 16.0 Å². The summed E-state index contributed by atoms with van der Waals surface area (Å²) in [6.45, 7) is 6.80. The molecule has 3 rings (SSSR count). The maximum atomic E-state index is 12.3. The van der Waals surface area contributed by atoms with Gasteiger partial charge in [0.05, 0.1) is 6.10 Å². The summed E-state index contributed by atoms with van der Waals surface area (Å²) in [6, 6.07) is 6.49. The van der Waals surface area contributed by atoms with Crippen LogP contribution in [0.15, 0.2) is 18.2 Å². The molecule has 1 aliphatic heterocycles. The highest BCUT2D eigenvalue weighted by Gasteiger charge is 2.29. The zero-order valence-corrected chi connectivity index (χ0v) is 13.8. The van der Waals surface area contributed by atoms with Gasteiger partial charge in [-0.2, -0.15) is 0 Å². The number of hydrogen-bond donors (Lipinski definition) is 0. The van der Waals surface area contributed by atoms with Gasteiger partial charge in [-0.3, -0.25) is 4.79 Å². The quantitative estimate of drug-likeness (QED) is 0.807. The van der Waals surface area contributed by atoms with E-state index in [-0.39, 0.29) is 12.0 Å². The normalized spacial score (nSPS) is 21.4. The number of rotatable bonds is 6. The Labute approximate surface area is 133 Å². The number of aryl methyl sites for hydroxylation is 3. The van der Waals surface area contributed by atoms with Crippen molar-refractivity contribution >= 4 is 5.91 Å². The third kappa shape index (κ3) is 4.10. The molecule has 1 saturated carbocycles. The largest absolute Gasteiger partial charge is 0.376 e. The molecule has 0 aromatic heterocycles. The van der Waals surface area contributed by atoms with Gasteiger partial charge in [-0.1, -0.05) is 18.2 Å². The number of carbonyl (C=O) groups is 1. The maximum absolute atomic E-state index is 12.3. The molecule has 120 valence electrons. The summed E-state index contributed by atoms with van der Waals surface area (Å²) in [5, 5.41) is 0. The summed E-state index contributed by atoms with van der Waals surface area (Å²) in [7, 11) is 0. The van der Waals surface area contributed by atoms with Crippen molar-refractivity contribution in [1.82, 2.24) is 4.90 Å². The standard InChI is InChI=1S/C19H27NO2/c1-14-3-4-16(11-15(14)2)7-8-19(21)20-10-9-18(12-20)22-13-17-5-6-17/h3-4,11,17-18H,5-10,12-13H2,1-2H3. The molecule has 2 fully saturated rings. The topological polar surface area (TPSA) is 29.5 Å². The van der Waals surface area contributed by atoms with E-state index >= 15 is 0 Å².